The molecule has 0 saturated carbocycles. The molecule has 2 heteroatoms. The monoisotopic (exact) mass is 260 g/mol. The molecule has 1 aromatic carbocycles. The Morgan fingerprint density at radius 3 is 3.09 bits per heavy atom. The Morgan fingerprint density at radius 2 is 2.36 bits per heavy atom. The van der Waals surface area contributed by atoms with E-state index in [1.165, 1.54) is 11.1 Å². The summed E-state index contributed by atoms with van der Waals surface area (Å²) >= 11 is 2.42. The molecule has 0 spiro atoms. The van der Waals surface area contributed by atoms with Crippen molar-refractivity contribution in [2.75, 3.05) is 6.61 Å². The second-order valence-corrected chi connectivity index (χ2v) is 4.28. The summed E-state index contributed by atoms with van der Waals surface area (Å²) in [5.41, 5.74) is 2.60. The van der Waals surface area contributed by atoms with E-state index in [4.69, 9.17) is 4.74 Å². The molecule has 0 saturated heterocycles. The van der Waals surface area contributed by atoms with Gasteiger partial charge < -0.3 is 4.74 Å². The lowest BCUT2D eigenvalue weighted by molar-refractivity contribution is 0.355. The van der Waals surface area contributed by atoms with Crippen molar-refractivity contribution in [1.29, 1.82) is 0 Å². The number of halogens is 1. The zero-order valence-electron chi connectivity index (χ0n) is 6.30. The second kappa shape index (κ2) is 2.66. The van der Waals surface area contributed by atoms with Gasteiger partial charge in [-0.3, -0.25) is 0 Å². The van der Waals surface area contributed by atoms with Gasteiger partial charge in [0.25, 0.3) is 0 Å². The van der Waals surface area contributed by atoms with E-state index in [-0.39, 0.29) is 0 Å². The number of alkyl halides is 1. The van der Waals surface area contributed by atoms with Crippen molar-refractivity contribution in [3.63, 3.8) is 0 Å². The van der Waals surface area contributed by atoms with Crippen molar-refractivity contribution in [2.24, 2.45) is 0 Å². The number of fused-ring (bicyclic) bond motifs is 1. The number of hydrogen-bond acceptors (Lipinski definition) is 1. The summed E-state index contributed by atoms with van der Waals surface area (Å²) in [4.78, 5) is 0. The first-order valence-electron chi connectivity index (χ1n) is 3.65. The van der Waals surface area contributed by atoms with Crippen LogP contribution in [0.1, 0.15) is 15.1 Å². The van der Waals surface area contributed by atoms with Gasteiger partial charge in [0.2, 0.25) is 0 Å². The van der Waals surface area contributed by atoms with Crippen molar-refractivity contribution in [3.8, 4) is 5.75 Å². The highest BCUT2D eigenvalue weighted by atomic mass is 127. The van der Waals surface area contributed by atoms with E-state index in [2.05, 4.69) is 47.7 Å². The molecular formula is C9H9IO. The zero-order chi connectivity index (χ0) is 7.84. The van der Waals surface area contributed by atoms with E-state index < -0.39 is 0 Å². The van der Waals surface area contributed by atoms with Crippen molar-refractivity contribution >= 4 is 22.6 Å². The van der Waals surface area contributed by atoms with E-state index in [9.17, 15) is 0 Å². The van der Waals surface area contributed by atoms with Crippen molar-refractivity contribution < 1.29 is 4.74 Å². The molecule has 0 aromatic heterocycles. The summed E-state index contributed by atoms with van der Waals surface area (Å²) in [6.45, 7) is 2.92. The fourth-order valence-corrected chi connectivity index (χ4v) is 2.04. The average Bonchev–Trinajstić information content (AvgIpc) is 2.35. The van der Waals surface area contributed by atoms with Crippen LogP contribution in [0.5, 0.6) is 5.75 Å². The summed E-state index contributed by atoms with van der Waals surface area (Å²) in [5.74, 6) is 1.10. The first-order chi connectivity index (χ1) is 5.29. The molecule has 11 heavy (non-hydrogen) atoms. The summed E-state index contributed by atoms with van der Waals surface area (Å²) < 4.78 is 6.08. The highest BCUT2D eigenvalue weighted by Gasteiger charge is 2.21. The van der Waals surface area contributed by atoms with E-state index in [0.717, 1.165) is 12.4 Å². The van der Waals surface area contributed by atoms with Crippen molar-refractivity contribution in [3.05, 3.63) is 29.3 Å². The quantitative estimate of drug-likeness (QED) is 0.514. The number of rotatable bonds is 0. The Bertz CT molecular complexity index is 283. The number of benzene rings is 1. The standard InChI is InChI=1S/C9H9IO/c1-6-3-2-4-7-8(10)5-11-9(6)7/h2-4,8H,5H2,1H3. The van der Waals surface area contributed by atoms with Crippen LogP contribution in [0.25, 0.3) is 0 Å². The smallest absolute Gasteiger partial charge is 0.126 e. The van der Waals surface area contributed by atoms with Gasteiger partial charge in [0.1, 0.15) is 12.4 Å². The van der Waals surface area contributed by atoms with E-state index in [1.807, 2.05) is 0 Å². The molecule has 0 aliphatic carbocycles. The fraction of sp³-hybridized carbons (Fsp3) is 0.333. The predicted octanol–water partition coefficient (Wildman–Crippen LogP) is 2.86. The van der Waals surface area contributed by atoms with Crippen LogP contribution in [0, 0.1) is 6.92 Å². The molecular weight excluding hydrogens is 251 g/mol. The summed E-state index contributed by atoms with van der Waals surface area (Å²) in [7, 11) is 0. The molecule has 0 bridgehead atoms. The molecule has 1 aromatic rings. The zero-order valence-corrected chi connectivity index (χ0v) is 8.46. The van der Waals surface area contributed by atoms with Crippen LogP contribution < -0.4 is 4.74 Å². The lowest BCUT2D eigenvalue weighted by Crippen LogP contribution is -1.90. The molecule has 1 atom stereocenters. The SMILES string of the molecule is Cc1cccc2c1OCC2I. The second-order valence-electron chi connectivity index (χ2n) is 2.77. The third-order valence-corrected chi connectivity index (χ3v) is 2.98. The molecule has 1 heterocycles. The number of hydrogen-bond donors (Lipinski definition) is 0. The Morgan fingerprint density at radius 1 is 1.55 bits per heavy atom. The minimum atomic E-state index is 0.544. The maximum absolute atomic E-state index is 5.53. The molecule has 58 valence electrons. The van der Waals surface area contributed by atoms with Gasteiger partial charge in [-0.2, -0.15) is 0 Å². The van der Waals surface area contributed by atoms with Gasteiger partial charge in [-0.15, -0.1) is 0 Å². The predicted molar refractivity (Wildman–Crippen MR) is 53.4 cm³/mol. The molecule has 1 aliphatic rings. The third-order valence-electron chi connectivity index (χ3n) is 1.95. The highest BCUT2D eigenvalue weighted by molar-refractivity contribution is 14.1. The first-order valence-corrected chi connectivity index (χ1v) is 4.90. The highest BCUT2D eigenvalue weighted by Crippen LogP contribution is 2.39. The van der Waals surface area contributed by atoms with Gasteiger partial charge in [0.05, 0.1) is 3.92 Å². The molecule has 0 radical (unpaired) electrons. The van der Waals surface area contributed by atoms with E-state index in [0.29, 0.717) is 3.92 Å². The Labute approximate surface area is 79.9 Å². The van der Waals surface area contributed by atoms with Crippen LogP contribution in [0.2, 0.25) is 0 Å². The normalized spacial score (nSPS) is 21.1. The lowest BCUT2D eigenvalue weighted by atomic mass is 10.1. The van der Waals surface area contributed by atoms with Crippen LogP contribution in [-0.2, 0) is 0 Å². The van der Waals surface area contributed by atoms with Crippen LogP contribution in [-0.4, -0.2) is 6.61 Å². The molecule has 0 fully saturated rings. The van der Waals surface area contributed by atoms with Gasteiger partial charge in [-0.05, 0) is 12.5 Å². The molecule has 0 N–H and O–H groups in total. The molecule has 1 nitrogen and oxygen atoms in total. The maximum atomic E-state index is 5.53. The summed E-state index contributed by atoms with van der Waals surface area (Å²) in [6.07, 6.45) is 0. The third kappa shape index (κ3) is 1.13. The topological polar surface area (TPSA) is 9.23 Å². The van der Waals surface area contributed by atoms with Gasteiger partial charge in [0.15, 0.2) is 0 Å². The van der Waals surface area contributed by atoms with Crippen LogP contribution in [0.15, 0.2) is 18.2 Å². The van der Waals surface area contributed by atoms with E-state index in [1.54, 1.807) is 0 Å². The van der Waals surface area contributed by atoms with Gasteiger partial charge in [-0.25, -0.2) is 0 Å². The van der Waals surface area contributed by atoms with Crippen LogP contribution >= 0.6 is 22.6 Å². The number of ether oxygens (including phenoxy) is 1. The maximum Gasteiger partial charge on any atom is 0.126 e. The molecule has 1 aliphatic heterocycles. The van der Waals surface area contributed by atoms with Gasteiger partial charge in [-0.1, -0.05) is 40.8 Å². The summed E-state index contributed by atoms with van der Waals surface area (Å²) in [6, 6.07) is 6.33. The lowest BCUT2D eigenvalue weighted by Gasteiger charge is -2.01. The molecule has 1 unspecified atom stereocenters. The largest absolute Gasteiger partial charge is 0.492 e. The average molecular weight is 260 g/mol. The molecule has 0 amide bonds. The van der Waals surface area contributed by atoms with E-state index >= 15 is 0 Å². The molecule has 2 rings (SSSR count). The minimum Gasteiger partial charge on any atom is -0.492 e. The number of aryl methyl sites for hydroxylation is 1. The van der Waals surface area contributed by atoms with Crippen molar-refractivity contribution in [1.82, 2.24) is 0 Å². The van der Waals surface area contributed by atoms with Crippen molar-refractivity contribution in [2.45, 2.75) is 10.8 Å². The van der Waals surface area contributed by atoms with Crippen LogP contribution in [0.3, 0.4) is 0 Å². The minimum absolute atomic E-state index is 0.544. The van der Waals surface area contributed by atoms with Crippen LogP contribution in [0.4, 0.5) is 0 Å². The summed E-state index contributed by atoms with van der Waals surface area (Å²) in [5, 5.41) is 0. The Kier molecular flexibility index (Phi) is 1.79. The fourth-order valence-electron chi connectivity index (χ4n) is 1.37. The first kappa shape index (κ1) is 7.40. The Balaban J connectivity index is 2.57. The van der Waals surface area contributed by atoms with Gasteiger partial charge >= 0.3 is 0 Å². The number of para-hydroxylation sites is 1. The Hall–Kier alpha value is -0.250. The van der Waals surface area contributed by atoms with Gasteiger partial charge in [0, 0.05) is 5.56 Å².